The number of anilines is 3. The number of piperidine rings is 1. The molecule has 0 spiro atoms. The topological polar surface area (TPSA) is 131 Å². The lowest BCUT2D eigenvalue weighted by Crippen LogP contribution is -2.33. The largest absolute Gasteiger partial charge is 0.337 e. The third-order valence-electron chi connectivity index (χ3n) is 6.03. The van der Waals surface area contributed by atoms with E-state index in [-0.39, 0.29) is 16.7 Å². The molecule has 11 nitrogen and oxygen atoms in total. The number of fused-ring (bicyclic) bond motifs is 1. The first-order chi connectivity index (χ1) is 16.7. The first-order valence-electron chi connectivity index (χ1n) is 11.3. The third kappa shape index (κ3) is 4.55. The highest BCUT2D eigenvalue weighted by molar-refractivity contribution is 7.90. The van der Waals surface area contributed by atoms with Gasteiger partial charge in [0, 0.05) is 49.3 Å². The summed E-state index contributed by atoms with van der Waals surface area (Å²) < 4.78 is 45.0. The van der Waals surface area contributed by atoms with Gasteiger partial charge in [0.2, 0.25) is 5.65 Å². The van der Waals surface area contributed by atoms with E-state index in [1.165, 1.54) is 12.1 Å². The van der Waals surface area contributed by atoms with Crippen LogP contribution in [0.3, 0.4) is 0 Å². The Kier molecular flexibility index (Phi) is 5.87. The third-order valence-corrected chi connectivity index (χ3v) is 7.16. The molecule has 1 N–H and O–H groups in total. The van der Waals surface area contributed by atoms with Crippen LogP contribution in [0.1, 0.15) is 50.2 Å². The zero-order chi connectivity index (χ0) is 24.7. The molecule has 0 aliphatic carbocycles. The molecule has 3 aromatic heterocycles. The lowest BCUT2D eigenvalue weighted by Gasteiger charge is -2.29. The fourth-order valence-corrected chi connectivity index (χ4v) is 4.87. The fourth-order valence-electron chi connectivity index (χ4n) is 4.15. The molecule has 1 aliphatic heterocycles. The van der Waals surface area contributed by atoms with Crippen molar-refractivity contribution in [3.63, 3.8) is 0 Å². The maximum absolute atomic E-state index is 14.3. The quantitative estimate of drug-likeness (QED) is 0.421. The second-order valence-electron chi connectivity index (χ2n) is 8.92. The van der Waals surface area contributed by atoms with Crippen molar-refractivity contribution in [3.05, 3.63) is 48.1 Å². The van der Waals surface area contributed by atoms with Crippen LogP contribution in [-0.2, 0) is 9.84 Å². The van der Waals surface area contributed by atoms with Gasteiger partial charge in [-0.05, 0) is 31.0 Å². The summed E-state index contributed by atoms with van der Waals surface area (Å²) in [7, 11) is -3.65. The minimum absolute atomic E-state index is 0.176. The van der Waals surface area contributed by atoms with Crippen LogP contribution in [0.4, 0.5) is 21.9 Å². The van der Waals surface area contributed by atoms with Gasteiger partial charge >= 0.3 is 6.01 Å². The van der Waals surface area contributed by atoms with Crippen LogP contribution < -0.4 is 10.2 Å². The molecule has 1 aromatic carbocycles. The summed E-state index contributed by atoms with van der Waals surface area (Å²) in [5.74, 6) is 1.46. The SMILES string of the molecule is CC(C)c1noc(N2CCC(c3nnc4c(Nc5ccc(S(C)(=O)=O)c(F)c5)nccn34)CC2)n1. The first kappa shape index (κ1) is 23.1. The Hall–Kier alpha value is -3.61. The Labute approximate surface area is 201 Å². The average molecular weight is 501 g/mol. The number of hydrogen-bond acceptors (Lipinski definition) is 10. The summed E-state index contributed by atoms with van der Waals surface area (Å²) in [6.07, 6.45) is 6.05. The monoisotopic (exact) mass is 500 g/mol. The highest BCUT2D eigenvalue weighted by atomic mass is 32.2. The van der Waals surface area contributed by atoms with Crippen LogP contribution in [0, 0.1) is 5.82 Å². The number of hydrogen-bond donors (Lipinski definition) is 1. The van der Waals surface area contributed by atoms with Gasteiger partial charge in [-0.25, -0.2) is 17.8 Å². The molecule has 13 heteroatoms. The Morgan fingerprint density at radius 3 is 2.63 bits per heavy atom. The number of sulfone groups is 1. The van der Waals surface area contributed by atoms with E-state index < -0.39 is 15.7 Å². The second-order valence-corrected chi connectivity index (χ2v) is 10.9. The summed E-state index contributed by atoms with van der Waals surface area (Å²) in [6, 6.07) is 4.38. The van der Waals surface area contributed by atoms with E-state index in [1.807, 2.05) is 18.2 Å². The molecule has 0 amide bonds. The van der Waals surface area contributed by atoms with Crippen molar-refractivity contribution >= 4 is 33.0 Å². The van der Waals surface area contributed by atoms with E-state index in [1.54, 1.807) is 12.4 Å². The number of nitrogens with one attached hydrogen (secondary N) is 1. The fraction of sp³-hybridized carbons (Fsp3) is 0.409. The van der Waals surface area contributed by atoms with E-state index in [4.69, 9.17) is 4.52 Å². The van der Waals surface area contributed by atoms with Gasteiger partial charge in [-0.3, -0.25) is 4.40 Å². The Morgan fingerprint density at radius 2 is 1.97 bits per heavy atom. The molecule has 0 atom stereocenters. The van der Waals surface area contributed by atoms with Crippen LogP contribution in [0.25, 0.3) is 5.65 Å². The Bertz CT molecular complexity index is 1480. The van der Waals surface area contributed by atoms with E-state index in [2.05, 4.69) is 35.5 Å². The van der Waals surface area contributed by atoms with Gasteiger partial charge in [0.05, 0.1) is 0 Å². The van der Waals surface area contributed by atoms with E-state index in [0.717, 1.165) is 44.1 Å². The van der Waals surface area contributed by atoms with Gasteiger partial charge in [0.25, 0.3) is 0 Å². The van der Waals surface area contributed by atoms with Crippen molar-refractivity contribution in [2.45, 2.75) is 43.4 Å². The molecule has 1 fully saturated rings. The van der Waals surface area contributed by atoms with Crippen LogP contribution in [-0.4, -0.2) is 57.5 Å². The summed E-state index contributed by atoms with van der Waals surface area (Å²) in [4.78, 5) is 10.5. The summed E-state index contributed by atoms with van der Waals surface area (Å²) in [5.41, 5.74) is 0.852. The zero-order valence-corrected chi connectivity index (χ0v) is 20.3. The molecular formula is C22H25FN8O3S. The van der Waals surface area contributed by atoms with Crippen LogP contribution >= 0.6 is 0 Å². The standard InChI is InChI=1S/C22H25FN8O3S/c1-13(2)18-26-22(34-29-18)30-9-6-14(7-10-30)20-27-28-21-19(24-8-11-31(20)21)25-15-4-5-17(16(23)12-15)35(3,32)33/h4-5,8,11-14H,6-7,9-10H2,1-3H3,(H,24,25). The van der Waals surface area contributed by atoms with Gasteiger partial charge in [-0.1, -0.05) is 19.0 Å². The average Bonchev–Trinajstić information content (AvgIpc) is 3.47. The molecular weight excluding hydrogens is 475 g/mol. The molecule has 0 radical (unpaired) electrons. The maximum Gasteiger partial charge on any atom is 0.324 e. The summed E-state index contributed by atoms with van der Waals surface area (Å²) in [6.45, 7) is 5.55. The minimum atomic E-state index is -3.65. The predicted octanol–water partition coefficient (Wildman–Crippen LogP) is 3.30. The van der Waals surface area contributed by atoms with E-state index >= 15 is 0 Å². The first-order valence-corrected chi connectivity index (χ1v) is 13.1. The predicted molar refractivity (Wildman–Crippen MR) is 126 cm³/mol. The molecule has 4 heterocycles. The van der Waals surface area contributed by atoms with E-state index in [9.17, 15) is 12.8 Å². The Balaban J connectivity index is 1.33. The molecule has 0 bridgehead atoms. The smallest absolute Gasteiger partial charge is 0.324 e. The lowest BCUT2D eigenvalue weighted by atomic mass is 9.96. The van der Waals surface area contributed by atoms with Gasteiger partial charge < -0.3 is 14.7 Å². The van der Waals surface area contributed by atoms with E-state index in [0.29, 0.717) is 29.0 Å². The lowest BCUT2D eigenvalue weighted by molar-refractivity contribution is 0.384. The van der Waals surface area contributed by atoms with Crippen LogP contribution in [0.15, 0.2) is 40.0 Å². The van der Waals surface area contributed by atoms with Crippen LogP contribution in [0.5, 0.6) is 0 Å². The van der Waals surface area contributed by atoms with Crippen LogP contribution in [0.2, 0.25) is 0 Å². The van der Waals surface area contributed by atoms with Crippen molar-refractivity contribution in [2.24, 2.45) is 0 Å². The molecule has 184 valence electrons. The summed E-state index contributed by atoms with van der Waals surface area (Å²) >= 11 is 0. The minimum Gasteiger partial charge on any atom is -0.337 e. The number of halogens is 1. The van der Waals surface area contributed by atoms with Gasteiger partial charge in [-0.2, -0.15) is 4.98 Å². The second kappa shape index (κ2) is 8.87. The number of aromatic nitrogens is 6. The number of nitrogens with zero attached hydrogens (tertiary/aromatic N) is 7. The summed E-state index contributed by atoms with van der Waals surface area (Å²) in [5, 5.41) is 15.8. The molecule has 1 saturated heterocycles. The number of benzene rings is 1. The Morgan fingerprint density at radius 1 is 1.20 bits per heavy atom. The molecule has 5 rings (SSSR count). The van der Waals surface area contributed by atoms with Crippen molar-refractivity contribution < 1.29 is 17.3 Å². The normalized spacial score (nSPS) is 15.3. The maximum atomic E-state index is 14.3. The van der Waals surface area contributed by atoms with Gasteiger partial charge in [-0.15, -0.1) is 10.2 Å². The van der Waals surface area contributed by atoms with Crippen molar-refractivity contribution in [1.82, 2.24) is 29.7 Å². The molecule has 1 aliphatic rings. The molecule has 0 unspecified atom stereocenters. The van der Waals surface area contributed by atoms with Crippen molar-refractivity contribution in [1.29, 1.82) is 0 Å². The van der Waals surface area contributed by atoms with Crippen molar-refractivity contribution in [2.75, 3.05) is 29.6 Å². The zero-order valence-electron chi connectivity index (χ0n) is 19.5. The van der Waals surface area contributed by atoms with Gasteiger partial charge in [0.1, 0.15) is 16.5 Å². The highest BCUT2D eigenvalue weighted by Gasteiger charge is 2.28. The number of rotatable bonds is 6. The van der Waals surface area contributed by atoms with Gasteiger partial charge in [0.15, 0.2) is 21.5 Å². The molecule has 35 heavy (non-hydrogen) atoms. The molecule has 4 aromatic rings. The highest BCUT2D eigenvalue weighted by Crippen LogP contribution is 2.31. The van der Waals surface area contributed by atoms with Crippen molar-refractivity contribution in [3.8, 4) is 0 Å². The molecule has 0 saturated carbocycles.